The molecule has 0 saturated carbocycles. The Morgan fingerprint density at radius 3 is 2.03 bits per heavy atom. The van der Waals surface area contributed by atoms with E-state index in [9.17, 15) is 18.4 Å². The number of nitrogen functional groups attached to an aromatic ring is 1. The first-order valence-electron chi connectivity index (χ1n) is 10.3. The lowest BCUT2D eigenvalue weighted by molar-refractivity contribution is 0.506. The molecule has 4 aromatic rings. The maximum atomic E-state index is 13.8. The highest BCUT2D eigenvalue weighted by atomic mass is 19.2. The van der Waals surface area contributed by atoms with Crippen LogP contribution in [0.4, 0.5) is 20.3 Å². The highest BCUT2D eigenvalue weighted by Crippen LogP contribution is 2.23. The molecular weight excluding hydrogens is 426 g/mol. The van der Waals surface area contributed by atoms with Gasteiger partial charge in [0.05, 0.1) is 6.54 Å². The predicted molar refractivity (Wildman–Crippen MR) is 124 cm³/mol. The third-order valence-electron chi connectivity index (χ3n) is 5.29. The summed E-state index contributed by atoms with van der Waals surface area (Å²) in [6, 6.07) is 22.1. The van der Waals surface area contributed by atoms with E-state index in [1.165, 1.54) is 10.6 Å². The van der Waals surface area contributed by atoms with E-state index in [0.717, 1.165) is 23.3 Å². The molecule has 0 saturated heterocycles. The molecule has 3 N–H and O–H groups in total. The van der Waals surface area contributed by atoms with Crippen molar-refractivity contribution >= 4 is 11.5 Å². The van der Waals surface area contributed by atoms with Crippen molar-refractivity contribution in [3.63, 3.8) is 0 Å². The zero-order valence-electron chi connectivity index (χ0n) is 17.7. The van der Waals surface area contributed by atoms with Gasteiger partial charge in [0.25, 0.3) is 5.56 Å². The highest BCUT2D eigenvalue weighted by Gasteiger charge is 2.20. The number of aromatic amines is 1. The number of nitrogens with one attached hydrogen (secondary N) is 1. The molecule has 4 rings (SSSR count). The van der Waals surface area contributed by atoms with E-state index < -0.39 is 22.9 Å². The minimum atomic E-state index is -0.983. The Labute approximate surface area is 188 Å². The van der Waals surface area contributed by atoms with E-state index >= 15 is 0 Å². The molecule has 0 radical (unpaired) electrons. The van der Waals surface area contributed by atoms with Gasteiger partial charge in [-0.15, -0.1) is 0 Å². The summed E-state index contributed by atoms with van der Waals surface area (Å²) >= 11 is 0. The molecule has 0 unspecified atom stereocenters. The van der Waals surface area contributed by atoms with Gasteiger partial charge in [-0.25, -0.2) is 13.6 Å². The Bertz CT molecular complexity index is 1370. The number of hydrogen-bond donors (Lipinski definition) is 2. The molecule has 6 nitrogen and oxygen atoms in total. The second-order valence-electron chi connectivity index (χ2n) is 7.65. The standard InChI is InChI=1S/C25H22F2N4O2/c26-20-12-11-19(13-21(20)27)15-30(14-17-7-3-1-4-8-17)22-23(28)31(25(33)29-24(22)32)16-18-9-5-2-6-10-18/h1-13H,14-16,28H2,(H,29,32,33). The quantitative estimate of drug-likeness (QED) is 0.452. The fourth-order valence-electron chi connectivity index (χ4n) is 3.68. The first-order chi connectivity index (χ1) is 15.9. The van der Waals surface area contributed by atoms with Crippen LogP contribution >= 0.6 is 0 Å². The van der Waals surface area contributed by atoms with E-state index in [0.29, 0.717) is 5.56 Å². The fourth-order valence-corrected chi connectivity index (χ4v) is 3.68. The van der Waals surface area contributed by atoms with Gasteiger partial charge in [0.1, 0.15) is 11.5 Å². The lowest BCUT2D eigenvalue weighted by Crippen LogP contribution is -2.38. The van der Waals surface area contributed by atoms with Gasteiger partial charge in [0, 0.05) is 13.1 Å². The van der Waals surface area contributed by atoms with Gasteiger partial charge in [-0.3, -0.25) is 14.3 Å². The van der Waals surface area contributed by atoms with Crippen molar-refractivity contribution in [2.45, 2.75) is 19.6 Å². The molecule has 0 atom stereocenters. The Morgan fingerprint density at radius 1 is 0.788 bits per heavy atom. The van der Waals surface area contributed by atoms with E-state index in [1.54, 1.807) is 4.90 Å². The molecule has 0 aliphatic heterocycles. The van der Waals surface area contributed by atoms with Gasteiger partial charge in [-0.05, 0) is 28.8 Å². The van der Waals surface area contributed by atoms with E-state index in [-0.39, 0.29) is 31.1 Å². The zero-order valence-corrected chi connectivity index (χ0v) is 17.7. The minimum absolute atomic E-state index is 0.00822. The molecule has 168 valence electrons. The summed E-state index contributed by atoms with van der Waals surface area (Å²) in [5.41, 5.74) is 7.32. The van der Waals surface area contributed by atoms with Gasteiger partial charge in [-0.2, -0.15) is 0 Å². The number of nitrogens with zero attached hydrogens (tertiary/aromatic N) is 2. The van der Waals surface area contributed by atoms with E-state index in [2.05, 4.69) is 4.98 Å². The van der Waals surface area contributed by atoms with Crippen LogP contribution in [0, 0.1) is 11.6 Å². The zero-order chi connectivity index (χ0) is 23.4. The van der Waals surface area contributed by atoms with Crippen LogP contribution < -0.4 is 21.9 Å². The Morgan fingerprint density at radius 2 is 1.39 bits per heavy atom. The second-order valence-corrected chi connectivity index (χ2v) is 7.65. The van der Waals surface area contributed by atoms with Crippen LogP contribution in [0.5, 0.6) is 0 Å². The van der Waals surface area contributed by atoms with Crippen molar-refractivity contribution in [1.29, 1.82) is 0 Å². The summed E-state index contributed by atoms with van der Waals surface area (Å²) in [7, 11) is 0. The molecule has 0 spiro atoms. The smallest absolute Gasteiger partial charge is 0.330 e. The van der Waals surface area contributed by atoms with Crippen LogP contribution in [0.15, 0.2) is 88.5 Å². The summed E-state index contributed by atoms with van der Waals surface area (Å²) < 4.78 is 28.6. The average molecular weight is 448 g/mol. The molecule has 0 fully saturated rings. The van der Waals surface area contributed by atoms with Crippen LogP contribution in [0.1, 0.15) is 16.7 Å². The molecule has 8 heteroatoms. The molecule has 1 aromatic heterocycles. The largest absolute Gasteiger partial charge is 0.383 e. The fraction of sp³-hybridized carbons (Fsp3) is 0.120. The summed E-state index contributed by atoms with van der Waals surface area (Å²) in [6.07, 6.45) is 0. The van der Waals surface area contributed by atoms with Crippen molar-refractivity contribution in [3.8, 4) is 0 Å². The molecule has 0 amide bonds. The first-order valence-corrected chi connectivity index (χ1v) is 10.3. The highest BCUT2D eigenvalue weighted by molar-refractivity contribution is 5.63. The number of hydrogen-bond acceptors (Lipinski definition) is 4. The first kappa shape index (κ1) is 22.0. The Balaban J connectivity index is 1.79. The summed E-state index contributed by atoms with van der Waals surface area (Å²) in [4.78, 5) is 29.4. The van der Waals surface area contributed by atoms with Crippen molar-refractivity contribution in [2.24, 2.45) is 0 Å². The predicted octanol–water partition coefficient (Wildman–Crippen LogP) is 3.65. The van der Waals surface area contributed by atoms with Crippen LogP contribution in [-0.4, -0.2) is 9.55 Å². The normalized spacial score (nSPS) is 10.8. The van der Waals surface area contributed by atoms with Gasteiger partial charge < -0.3 is 10.6 Å². The van der Waals surface area contributed by atoms with Crippen LogP contribution in [0.3, 0.4) is 0 Å². The number of H-pyrrole nitrogens is 1. The third-order valence-corrected chi connectivity index (χ3v) is 5.29. The van der Waals surface area contributed by atoms with Crippen LogP contribution in [0.2, 0.25) is 0 Å². The molecule has 0 aliphatic carbocycles. The molecule has 1 heterocycles. The van der Waals surface area contributed by atoms with Crippen molar-refractivity contribution in [3.05, 3.63) is 128 Å². The summed E-state index contributed by atoms with van der Waals surface area (Å²) in [5, 5.41) is 0. The number of rotatable bonds is 7. The van der Waals surface area contributed by atoms with Gasteiger partial charge in [0.15, 0.2) is 11.6 Å². The number of aromatic nitrogens is 2. The van der Waals surface area contributed by atoms with E-state index in [4.69, 9.17) is 5.73 Å². The average Bonchev–Trinajstić information content (AvgIpc) is 2.80. The lowest BCUT2D eigenvalue weighted by Gasteiger charge is -2.26. The van der Waals surface area contributed by atoms with E-state index in [1.807, 2.05) is 60.7 Å². The molecule has 33 heavy (non-hydrogen) atoms. The maximum Gasteiger partial charge on any atom is 0.330 e. The van der Waals surface area contributed by atoms with Crippen molar-refractivity contribution in [1.82, 2.24) is 9.55 Å². The van der Waals surface area contributed by atoms with Crippen molar-refractivity contribution in [2.75, 3.05) is 10.6 Å². The number of nitrogens with two attached hydrogens (primary N) is 1. The summed E-state index contributed by atoms with van der Waals surface area (Å²) in [6.45, 7) is 0.499. The molecule has 3 aromatic carbocycles. The van der Waals surface area contributed by atoms with Crippen LogP contribution in [0.25, 0.3) is 0 Å². The molecule has 0 aliphatic rings. The molecular formula is C25H22F2N4O2. The molecule has 0 bridgehead atoms. The number of halogens is 2. The topological polar surface area (TPSA) is 84.1 Å². The SMILES string of the molecule is Nc1c(N(Cc2ccccc2)Cc2ccc(F)c(F)c2)c(=O)[nH]c(=O)n1Cc1ccccc1. The lowest BCUT2D eigenvalue weighted by atomic mass is 10.1. The minimum Gasteiger partial charge on any atom is -0.383 e. The van der Waals surface area contributed by atoms with Crippen LogP contribution in [-0.2, 0) is 19.6 Å². The number of anilines is 2. The van der Waals surface area contributed by atoms with Gasteiger partial charge >= 0.3 is 5.69 Å². The Hall–Kier alpha value is -4.20. The maximum absolute atomic E-state index is 13.8. The monoisotopic (exact) mass is 448 g/mol. The summed E-state index contributed by atoms with van der Waals surface area (Å²) in [5.74, 6) is -1.95. The Kier molecular flexibility index (Phi) is 6.35. The van der Waals surface area contributed by atoms with Crippen molar-refractivity contribution < 1.29 is 8.78 Å². The third kappa shape index (κ3) is 5.01. The van der Waals surface area contributed by atoms with Gasteiger partial charge in [-0.1, -0.05) is 66.7 Å². The second kappa shape index (κ2) is 9.52. The van der Waals surface area contributed by atoms with Gasteiger partial charge in [0.2, 0.25) is 0 Å². The number of benzene rings is 3.